The lowest BCUT2D eigenvalue weighted by Gasteiger charge is -2.26. The molecule has 1 amide bonds. The Morgan fingerprint density at radius 3 is 2.40 bits per heavy atom. The summed E-state index contributed by atoms with van der Waals surface area (Å²) in [6.07, 6.45) is 0.627. The topological polar surface area (TPSA) is 75.7 Å². The van der Waals surface area contributed by atoms with Crippen molar-refractivity contribution in [2.24, 2.45) is 5.41 Å². The third kappa shape index (κ3) is 5.17. The molecular formula is C17H25ClN2O4S. The molecular weight excluding hydrogens is 364 g/mol. The number of nitrogens with zero attached hydrogens (tertiary/aromatic N) is 1. The minimum atomic E-state index is -3.47. The summed E-state index contributed by atoms with van der Waals surface area (Å²) < 4.78 is 31.7. The predicted octanol–water partition coefficient (Wildman–Crippen LogP) is 1.63. The van der Waals surface area contributed by atoms with Crippen molar-refractivity contribution in [3.8, 4) is 0 Å². The van der Waals surface area contributed by atoms with Crippen LogP contribution in [0.2, 0.25) is 0 Å². The number of hydrogen-bond donors (Lipinski definition) is 1. The quantitative estimate of drug-likeness (QED) is 0.720. The lowest BCUT2D eigenvalue weighted by atomic mass is 9.95. The summed E-state index contributed by atoms with van der Waals surface area (Å²) in [4.78, 5) is 12.2. The summed E-state index contributed by atoms with van der Waals surface area (Å²) in [5.41, 5.74) is 0.363. The van der Waals surface area contributed by atoms with E-state index in [0.29, 0.717) is 39.3 Å². The number of hydrogen-bond acceptors (Lipinski definition) is 4. The highest BCUT2D eigenvalue weighted by atomic mass is 35.5. The van der Waals surface area contributed by atoms with Crippen molar-refractivity contribution < 1.29 is 17.9 Å². The molecule has 8 heteroatoms. The van der Waals surface area contributed by atoms with Crippen LogP contribution in [-0.2, 0) is 26.0 Å². The van der Waals surface area contributed by atoms with Gasteiger partial charge >= 0.3 is 0 Å². The van der Waals surface area contributed by atoms with E-state index in [0.717, 1.165) is 5.56 Å². The van der Waals surface area contributed by atoms with Crippen LogP contribution in [0.1, 0.15) is 19.4 Å². The fourth-order valence-electron chi connectivity index (χ4n) is 2.38. The van der Waals surface area contributed by atoms with E-state index in [9.17, 15) is 13.2 Å². The maximum absolute atomic E-state index is 12.5. The number of benzene rings is 1. The van der Waals surface area contributed by atoms with E-state index >= 15 is 0 Å². The number of morpholine rings is 1. The monoisotopic (exact) mass is 388 g/mol. The number of alkyl halides is 1. The van der Waals surface area contributed by atoms with Gasteiger partial charge in [-0.05, 0) is 38.0 Å². The first-order chi connectivity index (χ1) is 11.8. The minimum Gasteiger partial charge on any atom is -0.379 e. The Bertz CT molecular complexity index is 683. The smallest absolute Gasteiger partial charge is 0.243 e. The molecule has 1 heterocycles. The van der Waals surface area contributed by atoms with Crippen LogP contribution in [0.3, 0.4) is 0 Å². The summed E-state index contributed by atoms with van der Waals surface area (Å²) in [5, 5.41) is 2.86. The van der Waals surface area contributed by atoms with Crippen LogP contribution >= 0.6 is 11.6 Å². The summed E-state index contributed by atoms with van der Waals surface area (Å²) in [6.45, 7) is 5.68. The molecule has 1 saturated heterocycles. The normalized spacial score (nSPS) is 16.6. The van der Waals surface area contributed by atoms with Crippen LogP contribution in [-0.4, -0.2) is 57.4 Å². The second-order valence-electron chi connectivity index (χ2n) is 6.68. The zero-order chi connectivity index (χ0) is 18.5. The van der Waals surface area contributed by atoms with Gasteiger partial charge in [0.2, 0.25) is 15.9 Å². The largest absolute Gasteiger partial charge is 0.379 e. The van der Waals surface area contributed by atoms with E-state index in [2.05, 4.69) is 5.32 Å². The summed E-state index contributed by atoms with van der Waals surface area (Å²) in [6, 6.07) is 6.80. The van der Waals surface area contributed by atoms with Gasteiger partial charge in [0.1, 0.15) is 0 Å². The molecule has 0 aromatic heterocycles. The molecule has 0 aliphatic carbocycles. The van der Waals surface area contributed by atoms with Crippen molar-refractivity contribution >= 4 is 27.5 Å². The Morgan fingerprint density at radius 1 is 1.24 bits per heavy atom. The third-order valence-electron chi connectivity index (χ3n) is 4.18. The predicted molar refractivity (Wildman–Crippen MR) is 97.2 cm³/mol. The molecule has 1 aliphatic rings. The number of rotatable bonds is 7. The number of ether oxygens (including phenoxy) is 1. The number of halogens is 1. The average Bonchev–Trinajstić information content (AvgIpc) is 2.62. The number of carbonyl (C=O) groups is 1. The number of nitrogens with one attached hydrogen (secondary N) is 1. The molecule has 0 spiro atoms. The van der Waals surface area contributed by atoms with E-state index in [1.807, 2.05) is 0 Å². The molecule has 0 atom stereocenters. The van der Waals surface area contributed by atoms with Crippen molar-refractivity contribution in [1.82, 2.24) is 9.62 Å². The van der Waals surface area contributed by atoms with Crippen LogP contribution in [0.5, 0.6) is 0 Å². The standard InChI is InChI=1S/C17H25ClN2O4S/c1-17(2,13-18)16(21)19-8-7-14-3-5-15(6-4-14)25(22,23)20-9-11-24-12-10-20/h3-6H,7-13H2,1-2H3,(H,19,21). The van der Waals surface area contributed by atoms with E-state index < -0.39 is 15.4 Å². The van der Waals surface area contributed by atoms with Crippen molar-refractivity contribution in [2.75, 3.05) is 38.7 Å². The first-order valence-electron chi connectivity index (χ1n) is 8.28. The van der Waals surface area contributed by atoms with Crippen molar-refractivity contribution in [3.05, 3.63) is 29.8 Å². The molecule has 0 radical (unpaired) electrons. The highest BCUT2D eigenvalue weighted by Gasteiger charge is 2.27. The average molecular weight is 389 g/mol. The van der Waals surface area contributed by atoms with Crippen molar-refractivity contribution in [3.63, 3.8) is 0 Å². The summed E-state index contributed by atoms with van der Waals surface area (Å²) in [5.74, 6) is 0.168. The molecule has 25 heavy (non-hydrogen) atoms. The van der Waals surface area contributed by atoms with Crippen LogP contribution in [0.25, 0.3) is 0 Å². The molecule has 6 nitrogen and oxygen atoms in total. The van der Waals surface area contributed by atoms with Gasteiger partial charge in [0.25, 0.3) is 0 Å². The van der Waals surface area contributed by atoms with E-state index in [1.165, 1.54) is 4.31 Å². The Balaban J connectivity index is 1.92. The van der Waals surface area contributed by atoms with Gasteiger partial charge in [0.05, 0.1) is 23.5 Å². The van der Waals surface area contributed by atoms with E-state index in [1.54, 1.807) is 38.1 Å². The Kier molecular flexibility index (Phi) is 6.85. The summed E-state index contributed by atoms with van der Waals surface area (Å²) >= 11 is 5.78. The van der Waals surface area contributed by atoms with E-state index in [4.69, 9.17) is 16.3 Å². The zero-order valence-electron chi connectivity index (χ0n) is 14.6. The van der Waals surface area contributed by atoms with Gasteiger partial charge in [-0.15, -0.1) is 11.6 Å². The third-order valence-corrected chi connectivity index (χ3v) is 6.76. The first-order valence-corrected chi connectivity index (χ1v) is 10.3. The zero-order valence-corrected chi connectivity index (χ0v) is 16.2. The SMILES string of the molecule is CC(C)(CCl)C(=O)NCCc1ccc(S(=O)(=O)N2CCOCC2)cc1. The molecule has 2 rings (SSSR count). The van der Waals surface area contributed by atoms with Crippen LogP contribution < -0.4 is 5.32 Å². The van der Waals surface area contributed by atoms with Gasteiger partial charge in [-0.2, -0.15) is 4.31 Å². The molecule has 0 unspecified atom stereocenters. The van der Waals surface area contributed by atoms with Crippen molar-refractivity contribution in [2.45, 2.75) is 25.2 Å². The minimum absolute atomic E-state index is 0.0889. The maximum Gasteiger partial charge on any atom is 0.243 e. The Labute approximate surface area is 154 Å². The molecule has 1 aliphatic heterocycles. The van der Waals surface area contributed by atoms with Gasteiger partial charge in [-0.1, -0.05) is 12.1 Å². The van der Waals surface area contributed by atoms with Gasteiger partial charge in [0.15, 0.2) is 0 Å². The molecule has 1 fully saturated rings. The molecule has 0 saturated carbocycles. The van der Waals surface area contributed by atoms with Crippen molar-refractivity contribution in [1.29, 1.82) is 0 Å². The van der Waals surface area contributed by atoms with Crippen LogP contribution in [0.4, 0.5) is 0 Å². The summed E-state index contributed by atoms with van der Waals surface area (Å²) in [7, 11) is -3.47. The maximum atomic E-state index is 12.5. The lowest BCUT2D eigenvalue weighted by molar-refractivity contribution is -0.128. The van der Waals surface area contributed by atoms with Gasteiger partial charge in [-0.3, -0.25) is 4.79 Å². The fourth-order valence-corrected chi connectivity index (χ4v) is 3.91. The van der Waals surface area contributed by atoms with Crippen LogP contribution in [0.15, 0.2) is 29.2 Å². The molecule has 1 N–H and O–H groups in total. The number of sulfonamides is 1. The molecule has 1 aromatic carbocycles. The lowest BCUT2D eigenvalue weighted by Crippen LogP contribution is -2.40. The van der Waals surface area contributed by atoms with Gasteiger partial charge < -0.3 is 10.1 Å². The molecule has 0 bridgehead atoms. The number of amides is 1. The molecule has 140 valence electrons. The van der Waals surface area contributed by atoms with Crippen LogP contribution in [0, 0.1) is 5.41 Å². The molecule has 1 aromatic rings. The Hall–Kier alpha value is -1.15. The second kappa shape index (κ2) is 8.49. The Morgan fingerprint density at radius 2 is 1.84 bits per heavy atom. The highest BCUT2D eigenvalue weighted by Crippen LogP contribution is 2.18. The fraction of sp³-hybridized carbons (Fsp3) is 0.588. The first kappa shape index (κ1) is 20.2. The number of carbonyl (C=O) groups excluding carboxylic acids is 1. The second-order valence-corrected chi connectivity index (χ2v) is 8.89. The van der Waals surface area contributed by atoms with Gasteiger partial charge in [0, 0.05) is 25.5 Å². The van der Waals surface area contributed by atoms with Gasteiger partial charge in [-0.25, -0.2) is 8.42 Å². The highest BCUT2D eigenvalue weighted by molar-refractivity contribution is 7.89. The van der Waals surface area contributed by atoms with E-state index in [-0.39, 0.29) is 16.7 Å².